The molecule has 0 spiro atoms. The van der Waals surface area contributed by atoms with Crippen molar-refractivity contribution in [2.45, 2.75) is 5.92 Å². The van der Waals surface area contributed by atoms with Gasteiger partial charge in [0.2, 0.25) is 0 Å². The number of likely N-dealkylation sites (N-methyl/N-ethyl adjacent to an activating group) is 1. The lowest BCUT2D eigenvalue weighted by Gasteiger charge is -2.33. The predicted octanol–water partition coefficient (Wildman–Crippen LogP) is 3.25. The number of nitrogens with two attached hydrogens (primary N) is 1. The molecule has 1 unspecified atom stereocenters. The van der Waals surface area contributed by atoms with Crippen LogP contribution in [-0.2, 0) is 0 Å². The van der Waals surface area contributed by atoms with Crippen LogP contribution in [0.2, 0.25) is 0 Å². The summed E-state index contributed by atoms with van der Waals surface area (Å²) in [5, 5.41) is 0. The summed E-state index contributed by atoms with van der Waals surface area (Å²) in [7, 11) is 1.82. The van der Waals surface area contributed by atoms with E-state index >= 15 is 0 Å². The van der Waals surface area contributed by atoms with Gasteiger partial charge in [0.1, 0.15) is 0 Å². The second kappa shape index (κ2) is 4.94. The third-order valence-electron chi connectivity index (χ3n) is 3.80. The number of carbonyl (C=O) groups is 1. The average Bonchev–Trinajstić information content (AvgIpc) is 2.43. The van der Waals surface area contributed by atoms with Crippen molar-refractivity contribution < 1.29 is 4.79 Å². The van der Waals surface area contributed by atoms with E-state index in [2.05, 4.69) is 22.0 Å². The van der Waals surface area contributed by atoms with Crippen LogP contribution in [0.5, 0.6) is 0 Å². The first kappa shape index (κ1) is 13.2. The van der Waals surface area contributed by atoms with Gasteiger partial charge >= 0.3 is 0 Å². The highest BCUT2D eigenvalue weighted by atomic mass is 79.9. The van der Waals surface area contributed by atoms with Crippen LogP contribution in [0.4, 0.5) is 5.69 Å². The molecule has 3 nitrogen and oxygen atoms in total. The van der Waals surface area contributed by atoms with Gasteiger partial charge in [0, 0.05) is 29.7 Å². The number of nitrogen functional groups attached to an aromatic ring is 1. The molecule has 0 saturated carbocycles. The van der Waals surface area contributed by atoms with E-state index in [0.717, 1.165) is 10.0 Å². The predicted molar refractivity (Wildman–Crippen MR) is 83.8 cm³/mol. The number of amides is 1. The number of hydrogen-bond donors (Lipinski definition) is 1. The van der Waals surface area contributed by atoms with Crippen LogP contribution >= 0.6 is 15.9 Å². The van der Waals surface area contributed by atoms with Gasteiger partial charge in [-0.15, -0.1) is 0 Å². The third kappa shape index (κ3) is 2.00. The summed E-state index contributed by atoms with van der Waals surface area (Å²) in [5.41, 5.74) is 9.40. The molecule has 1 atom stereocenters. The van der Waals surface area contributed by atoms with Gasteiger partial charge in [0.05, 0.1) is 5.56 Å². The van der Waals surface area contributed by atoms with E-state index in [1.807, 2.05) is 37.4 Å². The monoisotopic (exact) mass is 330 g/mol. The molecular weight excluding hydrogens is 316 g/mol. The smallest absolute Gasteiger partial charge is 0.256 e. The van der Waals surface area contributed by atoms with E-state index in [0.29, 0.717) is 17.8 Å². The Kier molecular flexibility index (Phi) is 3.26. The van der Waals surface area contributed by atoms with E-state index in [4.69, 9.17) is 5.73 Å². The van der Waals surface area contributed by atoms with Gasteiger partial charge in [-0.1, -0.05) is 46.3 Å². The Bertz CT molecular complexity index is 684. The Balaban J connectivity index is 2.21. The molecular formula is C16H15BrN2O. The number of benzene rings is 2. The lowest BCUT2D eigenvalue weighted by Crippen LogP contribution is -2.38. The van der Waals surface area contributed by atoms with Gasteiger partial charge < -0.3 is 10.6 Å². The van der Waals surface area contributed by atoms with Crippen molar-refractivity contribution in [2.24, 2.45) is 0 Å². The first-order chi connectivity index (χ1) is 9.59. The van der Waals surface area contributed by atoms with E-state index in [-0.39, 0.29) is 11.8 Å². The highest BCUT2D eigenvalue weighted by Crippen LogP contribution is 2.38. The van der Waals surface area contributed by atoms with Crippen molar-refractivity contribution >= 4 is 27.5 Å². The molecule has 0 fully saturated rings. The Morgan fingerprint density at radius 1 is 1.15 bits per heavy atom. The van der Waals surface area contributed by atoms with E-state index in [1.54, 1.807) is 11.0 Å². The number of fused-ring (bicyclic) bond motifs is 1. The molecule has 4 heteroatoms. The molecule has 1 aliphatic rings. The van der Waals surface area contributed by atoms with Crippen molar-refractivity contribution in [1.82, 2.24) is 4.90 Å². The molecule has 2 aromatic carbocycles. The maximum Gasteiger partial charge on any atom is 0.256 e. The maximum absolute atomic E-state index is 12.3. The summed E-state index contributed by atoms with van der Waals surface area (Å²) < 4.78 is 1.06. The van der Waals surface area contributed by atoms with Crippen molar-refractivity contribution in [3.8, 4) is 0 Å². The zero-order chi connectivity index (χ0) is 14.3. The standard InChI is InChI=1S/C16H15BrN2O/c1-19-9-12(10-5-2-3-7-13(10)17)11-6-4-8-14(18)15(11)16(19)20/h2-8,12H,9,18H2,1H3. The second-order valence-corrected chi connectivity index (χ2v) is 5.93. The molecule has 2 aromatic rings. The van der Waals surface area contributed by atoms with Gasteiger partial charge in [-0.2, -0.15) is 0 Å². The quantitative estimate of drug-likeness (QED) is 0.816. The number of anilines is 1. The largest absolute Gasteiger partial charge is 0.398 e. The topological polar surface area (TPSA) is 46.3 Å². The molecule has 1 amide bonds. The summed E-state index contributed by atoms with van der Waals surface area (Å²) in [6.07, 6.45) is 0. The van der Waals surface area contributed by atoms with Crippen LogP contribution in [-0.4, -0.2) is 24.4 Å². The number of carbonyl (C=O) groups excluding carboxylic acids is 1. The van der Waals surface area contributed by atoms with Gasteiger partial charge in [-0.25, -0.2) is 0 Å². The second-order valence-electron chi connectivity index (χ2n) is 5.07. The van der Waals surface area contributed by atoms with E-state index in [1.165, 1.54) is 5.56 Å². The SMILES string of the molecule is CN1CC(c2ccccc2Br)c2cccc(N)c2C1=O. The van der Waals surface area contributed by atoms with Crippen LogP contribution in [0.15, 0.2) is 46.9 Å². The molecule has 0 aliphatic carbocycles. The molecule has 1 heterocycles. The van der Waals surface area contributed by atoms with Crippen LogP contribution in [0, 0.1) is 0 Å². The van der Waals surface area contributed by atoms with Crippen molar-refractivity contribution in [3.63, 3.8) is 0 Å². The average molecular weight is 331 g/mol. The van der Waals surface area contributed by atoms with E-state index in [9.17, 15) is 4.79 Å². The Morgan fingerprint density at radius 3 is 2.60 bits per heavy atom. The highest BCUT2D eigenvalue weighted by Gasteiger charge is 2.32. The van der Waals surface area contributed by atoms with Gasteiger partial charge in [-0.05, 0) is 23.3 Å². The summed E-state index contributed by atoms with van der Waals surface area (Å²) in [5.74, 6) is 0.146. The number of halogens is 1. The van der Waals surface area contributed by atoms with Crippen molar-refractivity contribution in [3.05, 3.63) is 63.6 Å². The first-order valence-electron chi connectivity index (χ1n) is 6.48. The minimum absolute atomic E-state index is 0.00130. The fraction of sp³-hybridized carbons (Fsp3) is 0.188. The lowest BCUT2D eigenvalue weighted by atomic mass is 9.84. The summed E-state index contributed by atoms with van der Waals surface area (Å²) >= 11 is 3.60. The molecule has 3 rings (SSSR count). The van der Waals surface area contributed by atoms with Gasteiger partial charge in [0.25, 0.3) is 5.91 Å². The Morgan fingerprint density at radius 2 is 1.85 bits per heavy atom. The number of nitrogens with zero attached hydrogens (tertiary/aromatic N) is 1. The highest BCUT2D eigenvalue weighted by molar-refractivity contribution is 9.10. The molecule has 20 heavy (non-hydrogen) atoms. The molecule has 0 radical (unpaired) electrons. The van der Waals surface area contributed by atoms with Gasteiger partial charge in [0.15, 0.2) is 0 Å². The normalized spacial score (nSPS) is 18.0. The summed E-state index contributed by atoms with van der Waals surface area (Å²) in [6, 6.07) is 13.8. The van der Waals surface area contributed by atoms with Crippen LogP contribution in [0.25, 0.3) is 0 Å². The zero-order valence-electron chi connectivity index (χ0n) is 11.1. The molecule has 0 aromatic heterocycles. The molecule has 1 aliphatic heterocycles. The maximum atomic E-state index is 12.3. The minimum atomic E-state index is 0.00130. The van der Waals surface area contributed by atoms with Crippen LogP contribution < -0.4 is 5.73 Å². The Labute approximate surface area is 126 Å². The van der Waals surface area contributed by atoms with Crippen molar-refractivity contribution in [2.75, 3.05) is 19.3 Å². The van der Waals surface area contributed by atoms with Gasteiger partial charge in [-0.3, -0.25) is 4.79 Å². The minimum Gasteiger partial charge on any atom is -0.398 e. The fourth-order valence-electron chi connectivity index (χ4n) is 2.80. The molecule has 0 saturated heterocycles. The number of hydrogen-bond acceptors (Lipinski definition) is 2. The first-order valence-corrected chi connectivity index (χ1v) is 7.27. The molecule has 2 N–H and O–H groups in total. The van der Waals surface area contributed by atoms with E-state index < -0.39 is 0 Å². The van der Waals surface area contributed by atoms with Crippen molar-refractivity contribution in [1.29, 1.82) is 0 Å². The molecule has 0 bridgehead atoms. The van der Waals surface area contributed by atoms with Crippen LogP contribution in [0.1, 0.15) is 27.4 Å². The Hall–Kier alpha value is -1.81. The fourth-order valence-corrected chi connectivity index (χ4v) is 3.36. The van der Waals surface area contributed by atoms with Crippen LogP contribution in [0.3, 0.4) is 0 Å². The number of rotatable bonds is 1. The molecule has 102 valence electrons. The zero-order valence-corrected chi connectivity index (χ0v) is 12.7. The summed E-state index contributed by atoms with van der Waals surface area (Å²) in [6.45, 7) is 0.665. The lowest BCUT2D eigenvalue weighted by molar-refractivity contribution is 0.0773. The third-order valence-corrected chi connectivity index (χ3v) is 4.52. The summed E-state index contributed by atoms with van der Waals surface area (Å²) in [4.78, 5) is 14.1.